The number of nitrogen functional groups attached to an aromatic ring is 1. The molecular weight excluding hydrogens is 206 g/mol. The van der Waals surface area contributed by atoms with E-state index in [4.69, 9.17) is 15.0 Å². The first-order valence-corrected chi connectivity index (χ1v) is 4.86. The minimum Gasteiger partial charge on any atom is -0.480 e. The van der Waals surface area contributed by atoms with E-state index in [9.17, 15) is 0 Å². The molecule has 84 valence electrons. The van der Waals surface area contributed by atoms with Gasteiger partial charge in [0, 0.05) is 17.3 Å². The molecule has 0 aromatic carbocycles. The maximum atomic E-state index is 5.80. The van der Waals surface area contributed by atoms with Crippen molar-refractivity contribution in [1.29, 1.82) is 0 Å². The van der Waals surface area contributed by atoms with Crippen LogP contribution in [0, 0.1) is 13.8 Å². The maximum absolute atomic E-state index is 5.80. The smallest absolute Gasteiger partial charge is 0.236 e. The number of ether oxygens (including phenoxy) is 1. The van der Waals surface area contributed by atoms with Crippen molar-refractivity contribution in [3.05, 3.63) is 23.7 Å². The molecular formula is C11H13N3O2. The predicted octanol–water partition coefficient (Wildman–Crippen LogP) is 1.94. The summed E-state index contributed by atoms with van der Waals surface area (Å²) in [4.78, 5) is 4.12. The molecule has 0 saturated heterocycles. The van der Waals surface area contributed by atoms with E-state index < -0.39 is 0 Å². The van der Waals surface area contributed by atoms with Gasteiger partial charge in [-0.1, -0.05) is 5.16 Å². The SMILES string of the molecule is COc1ncc(-c2c(C)noc2C)cc1N. The highest BCUT2D eigenvalue weighted by Gasteiger charge is 2.13. The molecule has 0 spiro atoms. The fraction of sp³-hybridized carbons (Fsp3) is 0.273. The lowest BCUT2D eigenvalue weighted by Gasteiger charge is -2.05. The zero-order valence-corrected chi connectivity index (χ0v) is 9.44. The van der Waals surface area contributed by atoms with E-state index in [1.807, 2.05) is 13.8 Å². The standard InChI is InChI=1S/C11H13N3O2/c1-6-10(7(2)16-14-6)8-4-9(12)11(15-3)13-5-8/h4-5H,12H2,1-3H3. The molecule has 16 heavy (non-hydrogen) atoms. The third kappa shape index (κ3) is 1.60. The summed E-state index contributed by atoms with van der Waals surface area (Å²) in [6.45, 7) is 3.74. The van der Waals surface area contributed by atoms with Gasteiger partial charge in [0.1, 0.15) is 5.76 Å². The van der Waals surface area contributed by atoms with Crippen LogP contribution in [0.5, 0.6) is 5.88 Å². The van der Waals surface area contributed by atoms with E-state index in [-0.39, 0.29) is 0 Å². The lowest BCUT2D eigenvalue weighted by atomic mass is 10.1. The Kier molecular flexibility index (Phi) is 2.52. The van der Waals surface area contributed by atoms with E-state index >= 15 is 0 Å². The van der Waals surface area contributed by atoms with Crippen molar-refractivity contribution in [2.75, 3.05) is 12.8 Å². The number of hydrogen-bond acceptors (Lipinski definition) is 5. The van der Waals surface area contributed by atoms with Crippen LogP contribution in [0.1, 0.15) is 11.5 Å². The normalized spacial score (nSPS) is 10.4. The molecule has 0 bridgehead atoms. The van der Waals surface area contributed by atoms with Crippen LogP contribution in [-0.2, 0) is 0 Å². The molecule has 5 nitrogen and oxygen atoms in total. The number of nitrogens with zero attached hydrogens (tertiary/aromatic N) is 2. The zero-order valence-electron chi connectivity index (χ0n) is 9.44. The van der Waals surface area contributed by atoms with Gasteiger partial charge in [0.25, 0.3) is 0 Å². The molecule has 0 saturated carbocycles. The van der Waals surface area contributed by atoms with Crippen molar-refractivity contribution >= 4 is 5.69 Å². The fourth-order valence-electron chi connectivity index (χ4n) is 1.67. The molecule has 0 radical (unpaired) electrons. The van der Waals surface area contributed by atoms with Crippen molar-refractivity contribution in [2.24, 2.45) is 0 Å². The molecule has 0 amide bonds. The lowest BCUT2D eigenvalue weighted by Crippen LogP contribution is -1.96. The fourth-order valence-corrected chi connectivity index (χ4v) is 1.67. The topological polar surface area (TPSA) is 74.2 Å². The van der Waals surface area contributed by atoms with Crippen LogP contribution < -0.4 is 10.5 Å². The van der Waals surface area contributed by atoms with Crippen LogP contribution in [0.2, 0.25) is 0 Å². The Labute approximate surface area is 93.2 Å². The molecule has 2 aromatic rings. The Balaban J connectivity index is 2.53. The van der Waals surface area contributed by atoms with Gasteiger partial charge in [0.15, 0.2) is 0 Å². The average Bonchev–Trinajstić information content (AvgIpc) is 2.58. The third-order valence-electron chi connectivity index (χ3n) is 2.39. The van der Waals surface area contributed by atoms with Gasteiger partial charge in [-0.15, -0.1) is 0 Å². The third-order valence-corrected chi connectivity index (χ3v) is 2.39. The molecule has 0 aliphatic heterocycles. The van der Waals surface area contributed by atoms with E-state index in [2.05, 4.69) is 10.1 Å². The Hall–Kier alpha value is -2.04. The molecule has 0 aliphatic rings. The molecule has 0 atom stereocenters. The van der Waals surface area contributed by atoms with E-state index in [0.717, 1.165) is 22.6 Å². The van der Waals surface area contributed by atoms with Gasteiger partial charge in [-0.05, 0) is 19.9 Å². The van der Waals surface area contributed by atoms with Gasteiger partial charge < -0.3 is 15.0 Å². The van der Waals surface area contributed by atoms with Crippen LogP contribution in [0.4, 0.5) is 5.69 Å². The number of aromatic nitrogens is 2. The van der Waals surface area contributed by atoms with Gasteiger partial charge in [-0.3, -0.25) is 0 Å². The predicted molar refractivity (Wildman–Crippen MR) is 60.2 cm³/mol. The number of pyridine rings is 1. The number of aryl methyl sites for hydroxylation is 2. The summed E-state index contributed by atoms with van der Waals surface area (Å²) in [5.74, 6) is 1.18. The number of hydrogen-bond donors (Lipinski definition) is 1. The van der Waals surface area contributed by atoms with E-state index in [1.165, 1.54) is 7.11 Å². The summed E-state index contributed by atoms with van der Waals surface area (Å²) in [5, 5.41) is 3.89. The molecule has 2 aromatic heterocycles. The number of anilines is 1. The molecule has 0 aliphatic carbocycles. The van der Waals surface area contributed by atoms with Gasteiger partial charge in [-0.2, -0.15) is 0 Å². The van der Waals surface area contributed by atoms with Crippen LogP contribution in [0.25, 0.3) is 11.1 Å². The van der Waals surface area contributed by atoms with Crippen molar-refractivity contribution in [2.45, 2.75) is 13.8 Å². The summed E-state index contributed by atoms with van der Waals surface area (Å²) in [6, 6.07) is 1.80. The second-order valence-electron chi connectivity index (χ2n) is 3.52. The van der Waals surface area contributed by atoms with E-state index in [0.29, 0.717) is 11.6 Å². The molecule has 0 unspecified atom stereocenters. The first-order valence-electron chi connectivity index (χ1n) is 4.86. The summed E-state index contributed by atoms with van der Waals surface area (Å²) < 4.78 is 10.1. The quantitative estimate of drug-likeness (QED) is 0.835. The second kappa shape index (κ2) is 3.84. The Bertz CT molecular complexity index is 500. The Morgan fingerprint density at radius 2 is 2.12 bits per heavy atom. The summed E-state index contributed by atoms with van der Waals surface area (Å²) in [5.41, 5.74) is 8.94. The zero-order chi connectivity index (χ0) is 11.7. The largest absolute Gasteiger partial charge is 0.480 e. The van der Waals surface area contributed by atoms with E-state index in [1.54, 1.807) is 12.3 Å². The highest BCUT2D eigenvalue weighted by atomic mass is 16.5. The Morgan fingerprint density at radius 1 is 1.38 bits per heavy atom. The van der Waals surface area contributed by atoms with Crippen LogP contribution in [0.3, 0.4) is 0 Å². The molecule has 2 heterocycles. The molecule has 2 N–H and O–H groups in total. The minimum absolute atomic E-state index is 0.426. The summed E-state index contributed by atoms with van der Waals surface area (Å²) >= 11 is 0. The first kappa shape index (κ1) is 10.5. The summed E-state index contributed by atoms with van der Waals surface area (Å²) in [6.07, 6.45) is 1.70. The van der Waals surface area contributed by atoms with Gasteiger partial charge in [0.05, 0.1) is 18.5 Å². The van der Waals surface area contributed by atoms with Gasteiger partial charge >= 0.3 is 0 Å². The van der Waals surface area contributed by atoms with Crippen molar-refractivity contribution in [3.8, 4) is 17.0 Å². The van der Waals surface area contributed by atoms with Crippen molar-refractivity contribution in [3.63, 3.8) is 0 Å². The van der Waals surface area contributed by atoms with Gasteiger partial charge in [-0.25, -0.2) is 4.98 Å². The maximum Gasteiger partial charge on any atom is 0.236 e. The number of nitrogens with two attached hydrogens (primary N) is 1. The highest BCUT2D eigenvalue weighted by molar-refractivity contribution is 5.71. The average molecular weight is 219 g/mol. The van der Waals surface area contributed by atoms with Crippen LogP contribution in [0.15, 0.2) is 16.8 Å². The second-order valence-corrected chi connectivity index (χ2v) is 3.52. The van der Waals surface area contributed by atoms with Crippen molar-refractivity contribution < 1.29 is 9.26 Å². The molecule has 5 heteroatoms. The summed E-state index contributed by atoms with van der Waals surface area (Å²) in [7, 11) is 1.54. The monoisotopic (exact) mass is 219 g/mol. The molecule has 0 fully saturated rings. The first-order chi connectivity index (χ1) is 7.63. The van der Waals surface area contributed by atoms with Crippen LogP contribution >= 0.6 is 0 Å². The number of methoxy groups -OCH3 is 1. The van der Waals surface area contributed by atoms with Crippen LogP contribution in [-0.4, -0.2) is 17.3 Å². The number of rotatable bonds is 2. The lowest BCUT2D eigenvalue weighted by molar-refractivity contribution is 0.393. The van der Waals surface area contributed by atoms with Crippen molar-refractivity contribution in [1.82, 2.24) is 10.1 Å². The molecule has 2 rings (SSSR count). The highest BCUT2D eigenvalue weighted by Crippen LogP contribution is 2.30. The Morgan fingerprint density at radius 3 is 2.62 bits per heavy atom. The minimum atomic E-state index is 0.426. The van der Waals surface area contributed by atoms with Gasteiger partial charge in [0.2, 0.25) is 5.88 Å².